The van der Waals surface area contributed by atoms with Crippen molar-refractivity contribution in [2.75, 3.05) is 11.9 Å². The quantitative estimate of drug-likeness (QED) is 0.442. The van der Waals surface area contributed by atoms with Crippen molar-refractivity contribution < 1.29 is 14.3 Å². The number of hydrogen-bond acceptors (Lipinski definition) is 4. The molecule has 0 spiro atoms. The zero-order chi connectivity index (χ0) is 25.5. The van der Waals surface area contributed by atoms with Gasteiger partial charge in [-0.1, -0.05) is 40.2 Å². The molecule has 2 aromatic carbocycles. The number of fused-ring (bicyclic) bond motifs is 1. The molecule has 1 N–H and O–H groups in total. The van der Waals surface area contributed by atoms with Gasteiger partial charge in [0.25, 0.3) is 5.91 Å². The number of halogens is 1. The van der Waals surface area contributed by atoms with E-state index in [0.717, 1.165) is 43.8 Å². The third-order valence-corrected chi connectivity index (χ3v) is 7.11. The summed E-state index contributed by atoms with van der Waals surface area (Å²) in [6.45, 7) is 10.5. The lowest BCUT2D eigenvalue weighted by atomic mass is 9.95. The van der Waals surface area contributed by atoms with Crippen LogP contribution in [0.2, 0.25) is 0 Å². The van der Waals surface area contributed by atoms with Crippen LogP contribution in [0, 0.1) is 13.8 Å². The summed E-state index contributed by atoms with van der Waals surface area (Å²) in [6, 6.07) is 12.0. The van der Waals surface area contributed by atoms with E-state index in [1.165, 1.54) is 0 Å². The fourth-order valence-electron chi connectivity index (χ4n) is 4.35. The van der Waals surface area contributed by atoms with Gasteiger partial charge in [-0.3, -0.25) is 4.79 Å². The van der Waals surface area contributed by atoms with Crippen molar-refractivity contribution in [2.45, 2.75) is 53.2 Å². The molecule has 0 fully saturated rings. The van der Waals surface area contributed by atoms with Gasteiger partial charge in [0, 0.05) is 35.9 Å². The Balaban J connectivity index is 1.57. The molecule has 7 nitrogen and oxygen atoms in total. The van der Waals surface area contributed by atoms with E-state index < -0.39 is 5.60 Å². The van der Waals surface area contributed by atoms with Crippen molar-refractivity contribution in [3.63, 3.8) is 0 Å². The first-order valence-electron chi connectivity index (χ1n) is 11.6. The number of carbonyl (C=O) groups is 2. The van der Waals surface area contributed by atoms with E-state index in [4.69, 9.17) is 4.74 Å². The van der Waals surface area contributed by atoms with Crippen LogP contribution in [0.3, 0.4) is 0 Å². The number of rotatable bonds is 3. The molecule has 35 heavy (non-hydrogen) atoms. The van der Waals surface area contributed by atoms with Crippen LogP contribution in [0.25, 0.3) is 11.1 Å². The van der Waals surface area contributed by atoms with Gasteiger partial charge in [-0.25, -0.2) is 9.78 Å². The van der Waals surface area contributed by atoms with Gasteiger partial charge in [-0.15, -0.1) is 0 Å². The highest BCUT2D eigenvalue weighted by Crippen LogP contribution is 2.34. The van der Waals surface area contributed by atoms with Crippen LogP contribution in [-0.4, -0.2) is 38.6 Å². The fraction of sp³-hybridized carbons (Fsp3) is 0.370. The molecule has 0 atom stereocenters. The number of benzene rings is 2. The molecule has 0 bridgehead atoms. The molecule has 0 saturated heterocycles. The number of carbonyl (C=O) groups excluding carboxylic acids is 2. The third kappa shape index (κ3) is 5.12. The number of nitrogens with one attached hydrogen (secondary N) is 1. The molecule has 1 aliphatic rings. The Bertz CT molecular complexity index is 1310. The maximum Gasteiger partial charge on any atom is 0.410 e. The molecule has 4 rings (SSSR count). The molecule has 2 amide bonds. The highest BCUT2D eigenvalue weighted by Gasteiger charge is 2.30. The number of amides is 2. The summed E-state index contributed by atoms with van der Waals surface area (Å²) in [5, 5.41) is 3.05. The van der Waals surface area contributed by atoms with E-state index in [-0.39, 0.29) is 12.0 Å². The zero-order valence-electron chi connectivity index (χ0n) is 21.0. The zero-order valence-corrected chi connectivity index (χ0v) is 22.6. The van der Waals surface area contributed by atoms with Crippen LogP contribution < -0.4 is 5.32 Å². The molecule has 2 heterocycles. The van der Waals surface area contributed by atoms with E-state index in [1.54, 1.807) is 4.90 Å². The Morgan fingerprint density at radius 3 is 2.40 bits per heavy atom. The second kappa shape index (κ2) is 9.49. The van der Waals surface area contributed by atoms with Gasteiger partial charge in [0.15, 0.2) is 5.82 Å². The lowest BCUT2D eigenvalue weighted by molar-refractivity contribution is 0.0220. The van der Waals surface area contributed by atoms with Crippen LogP contribution in [0.4, 0.5) is 10.5 Å². The molecule has 8 heteroatoms. The largest absolute Gasteiger partial charge is 0.444 e. The van der Waals surface area contributed by atoms with E-state index in [9.17, 15) is 9.59 Å². The molecule has 0 radical (unpaired) electrons. The first-order chi connectivity index (χ1) is 16.5. The van der Waals surface area contributed by atoms with E-state index >= 15 is 0 Å². The van der Waals surface area contributed by atoms with Crippen LogP contribution in [0.15, 0.2) is 40.9 Å². The predicted octanol–water partition coefficient (Wildman–Crippen LogP) is 6.01. The van der Waals surface area contributed by atoms with Crippen molar-refractivity contribution >= 4 is 33.6 Å². The number of nitrogens with zero attached hydrogens (tertiary/aromatic N) is 3. The molecule has 184 valence electrons. The fourth-order valence-corrected chi connectivity index (χ4v) is 4.72. The Kier molecular flexibility index (Phi) is 6.77. The van der Waals surface area contributed by atoms with E-state index in [2.05, 4.69) is 45.3 Å². The minimum atomic E-state index is -0.562. The SMILES string of the molecule is Cc1c(Br)cccc1-c1cccc(NC(=O)c2nc3c(n2C)CCN(C(=O)OC(C)(C)C)C3)c1C. The molecular formula is C27H31BrN4O3. The van der Waals surface area contributed by atoms with Gasteiger partial charge in [-0.2, -0.15) is 0 Å². The second-order valence-electron chi connectivity index (χ2n) is 9.88. The van der Waals surface area contributed by atoms with E-state index in [0.29, 0.717) is 25.3 Å². The second-order valence-corrected chi connectivity index (χ2v) is 10.7. The van der Waals surface area contributed by atoms with Crippen molar-refractivity contribution in [1.29, 1.82) is 0 Å². The van der Waals surface area contributed by atoms with Crippen molar-refractivity contribution in [3.05, 3.63) is 69.2 Å². The smallest absolute Gasteiger partial charge is 0.410 e. The van der Waals surface area contributed by atoms with Gasteiger partial charge in [-0.05, 0) is 69.0 Å². The van der Waals surface area contributed by atoms with Crippen molar-refractivity contribution in [1.82, 2.24) is 14.5 Å². The molecule has 0 unspecified atom stereocenters. The van der Waals surface area contributed by atoms with Gasteiger partial charge < -0.3 is 19.5 Å². The molecule has 1 aliphatic heterocycles. The lowest BCUT2D eigenvalue weighted by Crippen LogP contribution is -2.40. The van der Waals surface area contributed by atoms with Gasteiger partial charge >= 0.3 is 6.09 Å². The van der Waals surface area contributed by atoms with Crippen molar-refractivity contribution in [3.8, 4) is 11.1 Å². The van der Waals surface area contributed by atoms with Gasteiger partial charge in [0.1, 0.15) is 5.60 Å². The highest BCUT2D eigenvalue weighted by molar-refractivity contribution is 9.10. The Morgan fingerprint density at radius 2 is 1.71 bits per heavy atom. The Labute approximate surface area is 214 Å². The topological polar surface area (TPSA) is 76.5 Å². The Hall–Kier alpha value is -3.13. The highest BCUT2D eigenvalue weighted by atomic mass is 79.9. The summed E-state index contributed by atoms with van der Waals surface area (Å²) in [5.74, 6) is 0.0430. The van der Waals surface area contributed by atoms with Crippen molar-refractivity contribution in [2.24, 2.45) is 7.05 Å². The first-order valence-corrected chi connectivity index (χ1v) is 12.4. The number of anilines is 1. The lowest BCUT2D eigenvalue weighted by Gasteiger charge is -2.29. The molecule has 1 aromatic heterocycles. The number of hydrogen-bond donors (Lipinski definition) is 1. The van der Waals surface area contributed by atoms with Crippen LogP contribution in [-0.2, 0) is 24.8 Å². The normalized spacial score (nSPS) is 13.4. The standard InChI is InChI=1S/C27H31BrN4O3/c1-16-18(9-7-11-20(16)28)19-10-8-12-21(17(19)2)30-25(33)24-29-22-15-32(14-13-23(22)31(24)6)26(34)35-27(3,4)5/h7-12H,13-15H2,1-6H3,(H,30,33). The summed E-state index contributed by atoms with van der Waals surface area (Å²) in [7, 11) is 1.85. The molecule has 3 aromatic rings. The molecule has 0 aliphatic carbocycles. The number of imidazole rings is 1. The molecule has 0 saturated carbocycles. The van der Waals surface area contributed by atoms with Crippen LogP contribution in [0.1, 0.15) is 53.9 Å². The maximum absolute atomic E-state index is 13.3. The monoisotopic (exact) mass is 538 g/mol. The summed E-state index contributed by atoms with van der Waals surface area (Å²) in [6.07, 6.45) is 0.247. The molecular weight excluding hydrogens is 508 g/mol. The number of aromatic nitrogens is 2. The summed E-state index contributed by atoms with van der Waals surface area (Å²) >= 11 is 3.61. The van der Waals surface area contributed by atoms with Gasteiger partial charge in [0.2, 0.25) is 0 Å². The Morgan fingerprint density at radius 1 is 1.06 bits per heavy atom. The third-order valence-electron chi connectivity index (χ3n) is 6.25. The average Bonchev–Trinajstić information content (AvgIpc) is 3.12. The minimum absolute atomic E-state index is 0.281. The number of ether oxygens (including phenoxy) is 1. The maximum atomic E-state index is 13.3. The van der Waals surface area contributed by atoms with E-state index in [1.807, 2.05) is 63.6 Å². The van der Waals surface area contributed by atoms with Gasteiger partial charge in [0.05, 0.1) is 12.2 Å². The summed E-state index contributed by atoms with van der Waals surface area (Å²) in [4.78, 5) is 32.0. The predicted molar refractivity (Wildman–Crippen MR) is 141 cm³/mol. The van der Waals surface area contributed by atoms with Crippen LogP contribution in [0.5, 0.6) is 0 Å². The average molecular weight is 539 g/mol. The summed E-state index contributed by atoms with van der Waals surface area (Å²) in [5.41, 5.74) is 6.17. The van der Waals surface area contributed by atoms with Crippen LogP contribution >= 0.6 is 15.9 Å². The minimum Gasteiger partial charge on any atom is -0.444 e. The first kappa shape index (κ1) is 25.0. The summed E-state index contributed by atoms with van der Waals surface area (Å²) < 4.78 is 8.37.